The molecule has 0 aliphatic heterocycles. The number of aliphatic hydroxyl groups is 1. The summed E-state index contributed by atoms with van der Waals surface area (Å²) in [6, 6.07) is 25.2. The van der Waals surface area contributed by atoms with E-state index >= 15 is 0 Å². The average molecular weight is 590 g/mol. The molecule has 0 saturated heterocycles. The van der Waals surface area contributed by atoms with Crippen molar-refractivity contribution in [2.24, 2.45) is 0 Å². The minimum Gasteiger partial charge on any atom is -0.388 e. The number of halogens is 1. The number of para-hydroxylation sites is 1. The first kappa shape index (κ1) is 29.6. The van der Waals surface area contributed by atoms with Gasteiger partial charge in [0.25, 0.3) is 0 Å². The normalized spacial score (nSPS) is 18.7. The predicted molar refractivity (Wildman–Crippen MR) is 173 cm³/mol. The Morgan fingerprint density at radius 1 is 0.927 bits per heavy atom. The summed E-state index contributed by atoms with van der Waals surface area (Å²) in [4.78, 5) is 12.8. The third kappa shape index (κ3) is 8.13. The smallest absolute Gasteiger partial charge is 0.225 e. The largest absolute Gasteiger partial charge is 0.388 e. The summed E-state index contributed by atoms with van der Waals surface area (Å²) in [6.07, 6.45) is 4.47. The van der Waals surface area contributed by atoms with Crippen LogP contribution >= 0.6 is 23.4 Å². The van der Waals surface area contributed by atoms with E-state index in [0.29, 0.717) is 24.5 Å². The lowest BCUT2D eigenvalue weighted by Crippen LogP contribution is -2.40. The van der Waals surface area contributed by atoms with Gasteiger partial charge in [-0.1, -0.05) is 53.6 Å². The van der Waals surface area contributed by atoms with Gasteiger partial charge in [-0.15, -0.1) is 11.8 Å². The van der Waals surface area contributed by atoms with Crippen LogP contribution < -0.4 is 15.5 Å². The Morgan fingerprint density at radius 2 is 1.61 bits per heavy atom. The number of rotatable bonds is 11. The highest BCUT2D eigenvalue weighted by molar-refractivity contribution is 8.00. The summed E-state index contributed by atoms with van der Waals surface area (Å²) in [6.45, 7) is 2.90. The molecule has 3 N–H and O–H groups in total. The van der Waals surface area contributed by atoms with Crippen molar-refractivity contribution in [3.05, 3.63) is 88.9 Å². The molecular formula is C33H40ClN5OS. The maximum absolute atomic E-state index is 11.1. The number of aryl methyl sites for hydroxylation is 1. The van der Waals surface area contributed by atoms with Gasteiger partial charge in [0.1, 0.15) is 5.82 Å². The van der Waals surface area contributed by atoms with Gasteiger partial charge in [-0.2, -0.15) is 4.98 Å². The zero-order chi connectivity index (χ0) is 28.8. The monoisotopic (exact) mass is 589 g/mol. The molecule has 0 radical (unpaired) electrons. The Morgan fingerprint density at radius 3 is 2.32 bits per heavy atom. The van der Waals surface area contributed by atoms with Crippen LogP contribution in [0.2, 0.25) is 5.02 Å². The number of aliphatic hydroxyl groups excluding tert-OH is 1. The molecule has 1 aromatic heterocycles. The SMILES string of the molecule is Cc1ccc(C(O)CC(CNC2CCC(Nc3nc(N(C)C)c4ccccc4n3)CC2)Sc2ccc(Cl)cc2)cc1. The van der Waals surface area contributed by atoms with Crippen molar-refractivity contribution < 1.29 is 5.11 Å². The van der Waals surface area contributed by atoms with Crippen molar-refractivity contribution in [1.29, 1.82) is 0 Å². The Bertz CT molecular complexity index is 1410. The Balaban J connectivity index is 1.17. The molecule has 5 rings (SSSR count). The second kappa shape index (κ2) is 13.9. The first-order chi connectivity index (χ1) is 19.8. The van der Waals surface area contributed by atoms with Gasteiger partial charge in [0.15, 0.2) is 0 Å². The topological polar surface area (TPSA) is 73.3 Å². The molecule has 2 atom stereocenters. The van der Waals surface area contributed by atoms with E-state index in [2.05, 4.69) is 47.9 Å². The van der Waals surface area contributed by atoms with Gasteiger partial charge in [0, 0.05) is 53.3 Å². The maximum atomic E-state index is 11.1. The highest BCUT2D eigenvalue weighted by Crippen LogP contribution is 2.32. The molecule has 216 valence electrons. The molecule has 0 spiro atoms. The van der Waals surface area contributed by atoms with Crippen LogP contribution in [-0.2, 0) is 0 Å². The predicted octanol–water partition coefficient (Wildman–Crippen LogP) is 7.25. The number of nitrogens with one attached hydrogen (secondary N) is 2. The second-order valence-electron chi connectivity index (χ2n) is 11.2. The number of fused-ring (bicyclic) bond motifs is 1. The standard InChI is InChI=1S/C33H40ClN5OS/c1-22-8-10-23(11-9-22)31(40)20-28(41-27-18-12-24(34)13-19-27)21-35-25-14-16-26(17-15-25)36-33-37-30-7-5-4-6-29(30)32(38-33)39(2)3/h4-13,18-19,25-26,28,31,35,40H,14-17,20-21H2,1-3H3,(H,36,37,38). The molecule has 1 fully saturated rings. The number of hydrogen-bond donors (Lipinski definition) is 3. The van der Waals surface area contributed by atoms with Gasteiger partial charge < -0.3 is 20.6 Å². The fourth-order valence-electron chi connectivity index (χ4n) is 5.44. The van der Waals surface area contributed by atoms with Gasteiger partial charge >= 0.3 is 0 Å². The van der Waals surface area contributed by atoms with Crippen LogP contribution in [0.25, 0.3) is 10.9 Å². The molecule has 0 bridgehead atoms. The quantitative estimate of drug-likeness (QED) is 0.159. The summed E-state index contributed by atoms with van der Waals surface area (Å²) in [5.41, 5.74) is 3.13. The Kier molecular flexibility index (Phi) is 10.0. The van der Waals surface area contributed by atoms with Crippen LogP contribution in [0.4, 0.5) is 11.8 Å². The average Bonchev–Trinajstić information content (AvgIpc) is 2.97. The first-order valence-electron chi connectivity index (χ1n) is 14.4. The van der Waals surface area contributed by atoms with Crippen LogP contribution in [0.3, 0.4) is 0 Å². The zero-order valence-electron chi connectivity index (χ0n) is 24.1. The lowest BCUT2D eigenvalue weighted by Gasteiger charge is -2.31. The van der Waals surface area contributed by atoms with Crippen molar-refractivity contribution in [1.82, 2.24) is 15.3 Å². The fraction of sp³-hybridized carbons (Fsp3) is 0.394. The number of aromatic nitrogens is 2. The summed E-state index contributed by atoms with van der Waals surface area (Å²) in [5, 5.41) is 20.5. The summed E-state index contributed by atoms with van der Waals surface area (Å²) < 4.78 is 0. The number of hydrogen-bond acceptors (Lipinski definition) is 7. The third-order valence-electron chi connectivity index (χ3n) is 7.77. The highest BCUT2D eigenvalue weighted by Gasteiger charge is 2.24. The number of anilines is 2. The van der Waals surface area contributed by atoms with Crippen molar-refractivity contribution in [3.8, 4) is 0 Å². The fourth-order valence-corrected chi connectivity index (χ4v) is 6.70. The van der Waals surface area contributed by atoms with Crippen LogP contribution in [-0.4, -0.2) is 53.0 Å². The van der Waals surface area contributed by atoms with Crippen molar-refractivity contribution in [2.45, 2.75) is 67.4 Å². The van der Waals surface area contributed by atoms with E-state index < -0.39 is 6.10 Å². The third-order valence-corrected chi connectivity index (χ3v) is 9.25. The molecule has 41 heavy (non-hydrogen) atoms. The van der Waals surface area contributed by atoms with Crippen LogP contribution in [0.15, 0.2) is 77.7 Å². The van der Waals surface area contributed by atoms with E-state index in [9.17, 15) is 5.11 Å². The molecular weight excluding hydrogens is 550 g/mol. The molecule has 1 aliphatic rings. The molecule has 1 saturated carbocycles. The lowest BCUT2D eigenvalue weighted by atomic mass is 9.91. The van der Waals surface area contributed by atoms with E-state index in [4.69, 9.17) is 21.6 Å². The molecule has 1 aliphatic carbocycles. The number of nitrogens with zero attached hydrogens (tertiary/aromatic N) is 3. The summed E-state index contributed by atoms with van der Waals surface area (Å²) >= 11 is 7.93. The van der Waals surface area contributed by atoms with Gasteiger partial charge in [-0.25, -0.2) is 4.98 Å². The van der Waals surface area contributed by atoms with Crippen molar-refractivity contribution in [3.63, 3.8) is 0 Å². The molecule has 8 heteroatoms. The molecule has 4 aromatic rings. The van der Waals surface area contributed by atoms with Gasteiger partial charge in [0.2, 0.25) is 5.95 Å². The van der Waals surface area contributed by atoms with Gasteiger partial charge in [0.05, 0.1) is 11.6 Å². The second-order valence-corrected chi connectivity index (χ2v) is 13.0. The van der Waals surface area contributed by atoms with Crippen LogP contribution in [0, 0.1) is 6.92 Å². The molecule has 3 aromatic carbocycles. The molecule has 2 unspecified atom stereocenters. The minimum atomic E-state index is -0.504. The van der Waals surface area contributed by atoms with E-state index in [-0.39, 0.29) is 5.25 Å². The van der Waals surface area contributed by atoms with Gasteiger partial charge in [-0.05, 0) is 81.0 Å². The van der Waals surface area contributed by atoms with Crippen molar-refractivity contribution >= 4 is 46.0 Å². The van der Waals surface area contributed by atoms with Gasteiger partial charge in [-0.3, -0.25) is 0 Å². The van der Waals surface area contributed by atoms with E-state index in [1.807, 2.05) is 61.5 Å². The highest BCUT2D eigenvalue weighted by atomic mass is 35.5. The maximum Gasteiger partial charge on any atom is 0.225 e. The van der Waals surface area contributed by atoms with Crippen molar-refractivity contribution in [2.75, 3.05) is 30.9 Å². The van der Waals surface area contributed by atoms with Crippen LogP contribution in [0.5, 0.6) is 0 Å². The van der Waals surface area contributed by atoms with E-state index in [1.165, 1.54) is 5.56 Å². The summed E-state index contributed by atoms with van der Waals surface area (Å²) in [5.74, 6) is 1.64. The first-order valence-corrected chi connectivity index (χ1v) is 15.7. The summed E-state index contributed by atoms with van der Waals surface area (Å²) in [7, 11) is 4.04. The lowest BCUT2D eigenvalue weighted by molar-refractivity contribution is 0.165. The number of thioether (sulfide) groups is 1. The Labute approximate surface area is 252 Å². The molecule has 6 nitrogen and oxygen atoms in total. The van der Waals surface area contributed by atoms with E-state index in [1.54, 1.807) is 11.8 Å². The Hall–Kier alpha value is -2.84. The molecule has 0 amide bonds. The number of benzene rings is 3. The zero-order valence-corrected chi connectivity index (χ0v) is 25.6. The van der Waals surface area contributed by atoms with E-state index in [0.717, 1.165) is 64.4 Å². The van der Waals surface area contributed by atoms with Crippen LogP contribution in [0.1, 0.15) is 49.3 Å². The molecule has 1 heterocycles. The minimum absolute atomic E-state index is 0.221.